The Hall–Kier alpha value is -2.37. The summed E-state index contributed by atoms with van der Waals surface area (Å²) in [6, 6.07) is 7.47. The fourth-order valence-corrected chi connectivity index (χ4v) is 2.99. The molecule has 6 nitrogen and oxygen atoms in total. The van der Waals surface area contributed by atoms with Gasteiger partial charge in [-0.25, -0.2) is 0 Å². The van der Waals surface area contributed by atoms with E-state index in [0.29, 0.717) is 19.5 Å². The minimum absolute atomic E-state index is 0.105. The van der Waals surface area contributed by atoms with Gasteiger partial charge in [0.15, 0.2) is 0 Å². The SMILES string of the molecule is CC(=O)N[C@H](CC(=O)NCCCN1CCCC1=O)c1ccc(C)cc1. The number of nitrogens with one attached hydrogen (secondary N) is 2. The van der Waals surface area contributed by atoms with Crippen LogP contribution in [0.4, 0.5) is 0 Å². The number of hydrogen-bond donors (Lipinski definition) is 2. The van der Waals surface area contributed by atoms with E-state index >= 15 is 0 Å². The number of amides is 3. The number of hydrogen-bond acceptors (Lipinski definition) is 3. The summed E-state index contributed by atoms with van der Waals surface area (Å²) in [4.78, 5) is 37.0. The number of nitrogens with zero attached hydrogens (tertiary/aromatic N) is 1. The third kappa shape index (κ3) is 6.21. The normalized spacial score (nSPS) is 15.1. The summed E-state index contributed by atoms with van der Waals surface area (Å²) in [7, 11) is 0. The molecular formula is C19H27N3O3. The van der Waals surface area contributed by atoms with Crippen molar-refractivity contribution in [2.24, 2.45) is 0 Å². The standard InChI is InChI=1S/C19H27N3O3/c1-14-6-8-16(9-7-14)17(21-15(2)23)13-18(24)20-10-4-12-22-11-3-5-19(22)25/h6-9,17H,3-5,10-13H2,1-2H3,(H,20,24)(H,21,23)/t17-/m1/s1. The summed E-state index contributed by atoms with van der Waals surface area (Å²) in [6.07, 6.45) is 2.51. The maximum atomic E-state index is 12.2. The van der Waals surface area contributed by atoms with Crippen molar-refractivity contribution >= 4 is 17.7 Å². The van der Waals surface area contributed by atoms with Crippen molar-refractivity contribution < 1.29 is 14.4 Å². The third-order valence-electron chi connectivity index (χ3n) is 4.35. The average Bonchev–Trinajstić information content (AvgIpc) is 2.96. The van der Waals surface area contributed by atoms with E-state index in [0.717, 1.165) is 30.5 Å². The molecule has 0 aromatic heterocycles. The summed E-state index contributed by atoms with van der Waals surface area (Å²) in [5.74, 6) is -0.0607. The van der Waals surface area contributed by atoms with Gasteiger partial charge in [-0.05, 0) is 25.3 Å². The minimum atomic E-state index is -0.335. The van der Waals surface area contributed by atoms with E-state index in [1.165, 1.54) is 6.92 Å². The monoisotopic (exact) mass is 345 g/mol. The molecule has 0 unspecified atom stereocenters. The molecule has 1 fully saturated rings. The number of carbonyl (C=O) groups excluding carboxylic acids is 3. The van der Waals surface area contributed by atoms with Crippen LogP contribution in [-0.4, -0.2) is 42.3 Å². The molecule has 1 aromatic carbocycles. The van der Waals surface area contributed by atoms with Crippen LogP contribution in [0.3, 0.4) is 0 Å². The molecule has 25 heavy (non-hydrogen) atoms. The summed E-state index contributed by atoms with van der Waals surface area (Å²) in [5, 5.41) is 5.71. The molecule has 1 aromatic rings. The Morgan fingerprint density at radius 2 is 1.96 bits per heavy atom. The predicted octanol–water partition coefficient (Wildman–Crippen LogP) is 1.69. The zero-order chi connectivity index (χ0) is 18.2. The first-order valence-electron chi connectivity index (χ1n) is 8.84. The Morgan fingerprint density at radius 3 is 2.56 bits per heavy atom. The van der Waals surface area contributed by atoms with E-state index in [1.54, 1.807) is 0 Å². The lowest BCUT2D eigenvalue weighted by atomic mass is 10.0. The largest absolute Gasteiger partial charge is 0.356 e. The van der Waals surface area contributed by atoms with Crippen LogP contribution in [0.5, 0.6) is 0 Å². The van der Waals surface area contributed by atoms with Crippen LogP contribution in [0, 0.1) is 6.92 Å². The van der Waals surface area contributed by atoms with Crippen molar-refractivity contribution in [2.45, 2.75) is 45.6 Å². The minimum Gasteiger partial charge on any atom is -0.356 e. The van der Waals surface area contributed by atoms with Gasteiger partial charge in [0.1, 0.15) is 0 Å². The quantitative estimate of drug-likeness (QED) is 0.704. The Kier molecular flexibility index (Phi) is 6.98. The van der Waals surface area contributed by atoms with Crippen molar-refractivity contribution in [3.63, 3.8) is 0 Å². The summed E-state index contributed by atoms with van der Waals surface area (Å²) in [6.45, 7) is 5.49. The summed E-state index contributed by atoms with van der Waals surface area (Å²) >= 11 is 0. The third-order valence-corrected chi connectivity index (χ3v) is 4.35. The van der Waals surface area contributed by atoms with E-state index in [4.69, 9.17) is 0 Å². The van der Waals surface area contributed by atoms with Crippen LogP contribution in [0.1, 0.15) is 49.8 Å². The van der Waals surface area contributed by atoms with Gasteiger partial charge in [0, 0.05) is 33.0 Å². The van der Waals surface area contributed by atoms with Crippen molar-refractivity contribution in [3.05, 3.63) is 35.4 Å². The van der Waals surface area contributed by atoms with E-state index in [-0.39, 0.29) is 30.2 Å². The van der Waals surface area contributed by atoms with Gasteiger partial charge in [-0.1, -0.05) is 29.8 Å². The van der Waals surface area contributed by atoms with Crippen LogP contribution >= 0.6 is 0 Å². The molecule has 3 amide bonds. The maximum absolute atomic E-state index is 12.2. The number of rotatable bonds is 8. The fourth-order valence-electron chi connectivity index (χ4n) is 2.99. The number of benzene rings is 1. The molecule has 0 saturated carbocycles. The topological polar surface area (TPSA) is 78.5 Å². The molecule has 1 heterocycles. The zero-order valence-corrected chi connectivity index (χ0v) is 15.0. The van der Waals surface area contributed by atoms with Gasteiger partial charge >= 0.3 is 0 Å². The van der Waals surface area contributed by atoms with Crippen molar-refractivity contribution in [3.8, 4) is 0 Å². The molecular weight excluding hydrogens is 318 g/mol. The van der Waals surface area contributed by atoms with E-state index in [1.807, 2.05) is 36.1 Å². The molecule has 6 heteroatoms. The second-order valence-corrected chi connectivity index (χ2v) is 6.56. The number of likely N-dealkylation sites (tertiary alicyclic amines) is 1. The lowest BCUT2D eigenvalue weighted by molar-refractivity contribution is -0.127. The van der Waals surface area contributed by atoms with Crippen LogP contribution < -0.4 is 10.6 Å². The van der Waals surface area contributed by atoms with Gasteiger partial charge in [-0.3, -0.25) is 14.4 Å². The van der Waals surface area contributed by atoms with Gasteiger partial charge in [0.2, 0.25) is 17.7 Å². The van der Waals surface area contributed by atoms with E-state index < -0.39 is 0 Å². The van der Waals surface area contributed by atoms with Crippen molar-refractivity contribution in [1.82, 2.24) is 15.5 Å². The van der Waals surface area contributed by atoms with Gasteiger partial charge in [0.25, 0.3) is 0 Å². The highest BCUT2D eigenvalue weighted by Crippen LogP contribution is 2.17. The van der Waals surface area contributed by atoms with Crippen LogP contribution in [-0.2, 0) is 14.4 Å². The molecule has 1 saturated heterocycles. The Labute approximate surface area is 149 Å². The molecule has 1 aliphatic heterocycles. The number of aryl methyl sites for hydroxylation is 1. The average molecular weight is 345 g/mol. The highest BCUT2D eigenvalue weighted by molar-refractivity contribution is 5.79. The Balaban J connectivity index is 1.79. The predicted molar refractivity (Wildman–Crippen MR) is 95.8 cm³/mol. The Morgan fingerprint density at radius 1 is 1.24 bits per heavy atom. The molecule has 1 atom stereocenters. The van der Waals surface area contributed by atoms with Gasteiger partial charge < -0.3 is 15.5 Å². The Bertz CT molecular complexity index is 613. The van der Waals surface area contributed by atoms with Crippen molar-refractivity contribution in [2.75, 3.05) is 19.6 Å². The fraction of sp³-hybridized carbons (Fsp3) is 0.526. The second-order valence-electron chi connectivity index (χ2n) is 6.56. The second kappa shape index (κ2) is 9.20. The number of carbonyl (C=O) groups is 3. The zero-order valence-electron chi connectivity index (χ0n) is 15.0. The van der Waals surface area contributed by atoms with Crippen LogP contribution in [0.15, 0.2) is 24.3 Å². The van der Waals surface area contributed by atoms with E-state index in [9.17, 15) is 14.4 Å². The van der Waals surface area contributed by atoms with Crippen molar-refractivity contribution in [1.29, 1.82) is 0 Å². The molecule has 136 valence electrons. The van der Waals surface area contributed by atoms with Gasteiger partial charge in [-0.2, -0.15) is 0 Å². The molecule has 1 aliphatic rings. The highest BCUT2D eigenvalue weighted by atomic mass is 16.2. The van der Waals surface area contributed by atoms with Gasteiger partial charge in [0.05, 0.1) is 12.5 Å². The highest BCUT2D eigenvalue weighted by Gasteiger charge is 2.20. The molecule has 0 spiro atoms. The van der Waals surface area contributed by atoms with Gasteiger partial charge in [-0.15, -0.1) is 0 Å². The van der Waals surface area contributed by atoms with E-state index in [2.05, 4.69) is 10.6 Å². The first-order valence-corrected chi connectivity index (χ1v) is 8.84. The van der Waals surface area contributed by atoms with Crippen LogP contribution in [0.2, 0.25) is 0 Å². The molecule has 2 rings (SSSR count). The molecule has 0 aliphatic carbocycles. The molecule has 2 N–H and O–H groups in total. The summed E-state index contributed by atoms with van der Waals surface area (Å²) in [5.41, 5.74) is 2.05. The maximum Gasteiger partial charge on any atom is 0.222 e. The van der Waals surface area contributed by atoms with Crippen LogP contribution in [0.25, 0.3) is 0 Å². The lowest BCUT2D eigenvalue weighted by Gasteiger charge is -2.19. The first kappa shape index (κ1) is 19.0. The summed E-state index contributed by atoms with van der Waals surface area (Å²) < 4.78 is 0. The first-order chi connectivity index (χ1) is 12.0. The lowest BCUT2D eigenvalue weighted by Crippen LogP contribution is -2.34. The molecule has 0 bridgehead atoms. The smallest absolute Gasteiger partial charge is 0.222 e. The molecule has 0 radical (unpaired) electrons.